The Balaban J connectivity index is 1.51. The Labute approximate surface area is 181 Å². The highest BCUT2D eigenvalue weighted by Crippen LogP contribution is 2.31. The maximum absolute atomic E-state index is 12.5. The van der Waals surface area contributed by atoms with Crippen molar-refractivity contribution < 1.29 is 14.3 Å². The van der Waals surface area contributed by atoms with Crippen molar-refractivity contribution in [2.24, 2.45) is 0 Å². The van der Waals surface area contributed by atoms with Crippen molar-refractivity contribution in [2.75, 3.05) is 11.9 Å². The molecular weight excluding hydrogens is 416 g/mol. The van der Waals surface area contributed by atoms with Gasteiger partial charge in [-0.2, -0.15) is 4.80 Å². The summed E-state index contributed by atoms with van der Waals surface area (Å²) in [4.78, 5) is 30.8. The lowest BCUT2D eigenvalue weighted by Crippen LogP contribution is -2.20. The molecule has 0 atom stereocenters. The summed E-state index contributed by atoms with van der Waals surface area (Å²) in [5.41, 5.74) is 2.03. The van der Waals surface area contributed by atoms with Crippen LogP contribution in [0.25, 0.3) is 22.6 Å². The van der Waals surface area contributed by atoms with Gasteiger partial charge in [-0.15, -0.1) is 10.2 Å². The van der Waals surface area contributed by atoms with Gasteiger partial charge in [-0.1, -0.05) is 72.0 Å². The number of esters is 1. The van der Waals surface area contributed by atoms with Gasteiger partial charge >= 0.3 is 5.97 Å². The number of thiazole rings is 1. The Bertz CT molecular complexity index is 1190. The zero-order chi connectivity index (χ0) is 21.6. The smallest absolute Gasteiger partial charge is 0.350 e. The number of aromatic nitrogens is 5. The summed E-state index contributed by atoms with van der Waals surface area (Å²) in [6.07, 6.45) is 0. The summed E-state index contributed by atoms with van der Waals surface area (Å²) in [6, 6.07) is 18.6. The molecule has 1 amide bonds. The molecule has 31 heavy (non-hydrogen) atoms. The predicted molar refractivity (Wildman–Crippen MR) is 115 cm³/mol. The Kier molecular flexibility index (Phi) is 6.08. The van der Waals surface area contributed by atoms with Crippen LogP contribution in [0.4, 0.5) is 5.13 Å². The van der Waals surface area contributed by atoms with Crippen LogP contribution in [0.5, 0.6) is 0 Å². The summed E-state index contributed by atoms with van der Waals surface area (Å²) in [5.74, 6) is -0.441. The van der Waals surface area contributed by atoms with E-state index in [0.29, 0.717) is 16.4 Å². The van der Waals surface area contributed by atoms with E-state index in [-0.39, 0.29) is 24.2 Å². The summed E-state index contributed by atoms with van der Waals surface area (Å²) in [6.45, 7) is 1.84. The molecule has 0 bridgehead atoms. The van der Waals surface area contributed by atoms with Gasteiger partial charge in [0.1, 0.15) is 11.4 Å². The van der Waals surface area contributed by atoms with Gasteiger partial charge in [-0.3, -0.25) is 4.79 Å². The lowest BCUT2D eigenvalue weighted by molar-refractivity contribution is -0.117. The minimum absolute atomic E-state index is 0.144. The third kappa shape index (κ3) is 4.81. The van der Waals surface area contributed by atoms with Gasteiger partial charge in [0.2, 0.25) is 11.7 Å². The van der Waals surface area contributed by atoms with Crippen LogP contribution in [0.15, 0.2) is 60.7 Å². The van der Waals surface area contributed by atoms with Crippen molar-refractivity contribution in [1.29, 1.82) is 0 Å². The van der Waals surface area contributed by atoms with E-state index in [4.69, 9.17) is 4.74 Å². The molecule has 0 spiro atoms. The minimum Gasteiger partial charge on any atom is -0.462 e. The average molecular weight is 434 g/mol. The summed E-state index contributed by atoms with van der Waals surface area (Å²) in [5, 5.41) is 15.1. The van der Waals surface area contributed by atoms with Gasteiger partial charge in [-0.25, -0.2) is 9.78 Å². The van der Waals surface area contributed by atoms with Gasteiger partial charge in [0.15, 0.2) is 5.13 Å². The van der Waals surface area contributed by atoms with Crippen LogP contribution >= 0.6 is 11.3 Å². The van der Waals surface area contributed by atoms with Crippen LogP contribution in [-0.4, -0.2) is 43.7 Å². The fourth-order valence-corrected chi connectivity index (χ4v) is 3.70. The van der Waals surface area contributed by atoms with Crippen LogP contribution in [0.3, 0.4) is 0 Å². The monoisotopic (exact) mass is 434 g/mol. The van der Waals surface area contributed by atoms with Crippen LogP contribution in [0, 0.1) is 0 Å². The second-order valence-electron chi connectivity index (χ2n) is 6.34. The first-order valence-corrected chi connectivity index (χ1v) is 10.3. The zero-order valence-corrected chi connectivity index (χ0v) is 17.4. The molecule has 156 valence electrons. The van der Waals surface area contributed by atoms with E-state index in [1.807, 2.05) is 60.7 Å². The standard InChI is InChI=1S/C21H18N6O3S/c1-2-30-20(29)18-17(14-9-5-3-6-10-14)23-21(31-18)22-16(28)13-27-25-19(24-26-27)15-11-7-4-8-12-15/h3-12H,2,13H2,1H3,(H,22,23,28). The largest absolute Gasteiger partial charge is 0.462 e. The predicted octanol–water partition coefficient (Wildman–Crippen LogP) is 3.28. The molecule has 10 heteroatoms. The molecule has 0 unspecified atom stereocenters. The molecule has 0 aliphatic heterocycles. The number of amides is 1. The topological polar surface area (TPSA) is 112 Å². The van der Waals surface area contributed by atoms with E-state index >= 15 is 0 Å². The first-order chi connectivity index (χ1) is 15.1. The number of benzene rings is 2. The molecule has 2 aromatic heterocycles. The number of carbonyl (C=O) groups excluding carboxylic acids is 2. The first kappa shape index (κ1) is 20.4. The van der Waals surface area contributed by atoms with Gasteiger partial charge in [-0.05, 0) is 12.1 Å². The van der Waals surface area contributed by atoms with E-state index in [9.17, 15) is 9.59 Å². The van der Waals surface area contributed by atoms with Gasteiger partial charge in [0, 0.05) is 11.1 Å². The number of hydrogen-bond acceptors (Lipinski definition) is 8. The molecule has 4 rings (SSSR count). The molecule has 4 aromatic rings. The second-order valence-corrected chi connectivity index (χ2v) is 7.34. The molecule has 0 aliphatic rings. The second kappa shape index (κ2) is 9.26. The van der Waals surface area contributed by atoms with Gasteiger partial charge < -0.3 is 10.1 Å². The van der Waals surface area contributed by atoms with Crippen molar-refractivity contribution >= 4 is 28.3 Å². The van der Waals surface area contributed by atoms with Crippen molar-refractivity contribution in [1.82, 2.24) is 25.2 Å². The van der Waals surface area contributed by atoms with E-state index in [1.165, 1.54) is 4.80 Å². The maximum Gasteiger partial charge on any atom is 0.350 e. The number of ether oxygens (including phenoxy) is 1. The average Bonchev–Trinajstić information content (AvgIpc) is 3.42. The van der Waals surface area contributed by atoms with Gasteiger partial charge in [0.25, 0.3) is 0 Å². The molecule has 1 N–H and O–H groups in total. The highest BCUT2D eigenvalue weighted by molar-refractivity contribution is 7.18. The molecule has 0 fully saturated rings. The normalized spacial score (nSPS) is 10.6. The molecule has 9 nitrogen and oxygen atoms in total. The fourth-order valence-electron chi connectivity index (χ4n) is 2.80. The van der Waals surface area contributed by atoms with Crippen LogP contribution in [0.1, 0.15) is 16.6 Å². The Morgan fingerprint density at radius 2 is 1.71 bits per heavy atom. The van der Waals surface area contributed by atoms with Crippen molar-refractivity contribution in [3.63, 3.8) is 0 Å². The van der Waals surface area contributed by atoms with Crippen molar-refractivity contribution in [2.45, 2.75) is 13.5 Å². The summed E-state index contributed by atoms with van der Waals surface area (Å²) < 4.78 is 5.14. The molecule has 2 aromatic carbocycles. The molecule has 0 saturated carbocycles. The Morgan fingerprint density at radius 1 is 1.03 bits per heavy atom. The van der Waals surface area contributed by atoms with E-state index in [0.717, 1.165) is 22.5 Å². The first-order valence-electron chi connectivity index (χ1n) is 9.50. The number of carbonyl (C=O) groups is 2. The minimum atomic E-state index is -0.482. The number of nitrogens with zero attached hydrogens (tertiary/aromatic N) is 5. The van der Waals surface area contributed by atoms with Gasteiger partial charge in [0.05, 0.1) is 12.3 Å². The highest BCUT2D eigenvalue weighted by atomic mass is 32.1. The molecule has 2 heterocycles. The third-order valence-electron chi connectivity index (χ3n) is 4.15. The van der Waals surface area contributed by atoms with E-state index in [2.05, 4.69) is 25.7 Å². The van der Waals surface area contributed by atoms with Crippen molar-refractivity contribution in [3.8, 4) is 22.6 Å². The number of tetrazole rings is 1. The Morgan fingerprint density at radius 3 is 2.39 bits per heavy atom. The number of hydrogen-bond donors (Lipinski definition) is 1. The number of nitrogens with one attached hydrogen (secondary N) is 1. The van der Waals surface area contributed by atoms with Crippen LogP contribution in [0.2, 0.25) is 0 Å². The number of anilines is 1. The van der Waals surface area contributed by atoms with Crippen LogP contribution in [-0.2, 0) is 16.1 Å². The highest BCUT2D eigenvalue weighted by Gasteiger charge is 2.21. The number of rotatable bonds is 7. The molecule has 0 saturated heterocycles. The SMILES string of the molecule is CCOC(=O)c1sc(NC(=O)Cn2nnc(-c3ccccc3)n2)nc1-c1ccccc1. The summed E-state index contributed by atoms with van der Waals surface area (Å²) in [7, 11) is 0. The molecule has 0 radical (unpaired) electrons. The molecular formula is C21H18N6O3S. The lowest BCUT2D eigenvalue weighted by atomic mass is 10.1. The third-order valence-corrected chi connectivity index (χ3v) is 5.10. The van der Waals surface area contributed by atoms with E-state index in [1.54, 1.807) is 6.92 Å². The van der Waals surface area contributed by atoms with E-state index < -0.39 is 5.97 Å². The Hall–Kier alpha value is -3.92. The van der Waals surface area contributed by atoms with Crippen molar-refractivity contribution in [3.05, 3.63) is 65.5 Å². The van der Waals surface area contributed by atoms with Crippen LogP contribution < -0.4 is 5.32 Å². The maximum atomic E-state index is 12.5. The lowest BCUT2D eigenvalue weighted by Gasteiger charge is -2.01. The molecule has 0 aliphatic carbocycles. The fraction of sp³-hybridized carbons (Fsp3) is 0.143. The summed E-state index contributed by atoms with van der Waals surface area (Å²) >= 11 is 1.06. The zero-order valence-electron chi connectivity index (χ0n) is 16.6. The quantitative estimate of drug-likeness (QED) is 0.444.